The van der Waals surface area contributed by atoms with Gasteiger partial charge in [-0.2, -0.15) is 0 Å². The summed E-state index contributed by atoms with van der Waals surface area (Å²) in [6.07, 6.45) is 0. The van der Waals surface area contributed by atoms with E-state index in [0.29, 0.717) is 0 Å². The van der Waals surface area contributed by atoms with Gasteiger partial charge in [0.2, 0.25) is 10.0 Å². The van der Waals surface area contributed by atoms with Crippen molar-refractivity contribution in [2.75, 3.05) is 5.32 Å². The summed E-state index contributed by atoms with van der Waals surface area (Å²) in [6.45, 7) is 7.90. The van der Waals surface area contributed by atoms with Crippen LogP contribution in [0.15, 0.2) is 23.1 Å². The van der Waals surface area contributed by atoms with Gasteiger partial charge in [-0.25, -0.2) is 18.5 Å². The maximum Gasteiger partial charge on any atom is 0.238 e. The quantitative estimate of drug-likeness (QED) is 0.905. The van der Waals surface area contributed by atoms with Gasteiger partial charge in [-0.15, -0.1) is 11.3 Å². The molecule has 2 aromatic rings. The van der Waals surface area contributed by atoms with Gasteiger partial charge in [0.25, 0.3) is 0 Å². The standard InChI is InChI=1S/C14H19N3O2S2/c1-8-5-6-12(21(15,18)19)7-13(8)17-10(3)14-9(2)16-11(4)20-14/h5-7,10,17H,1-4H3,(H2,15,18,19). The number of nitrogens with one attached hydrogen (secondary N) is 1. The Labute approximate surface area is 129 Å². The van der Waals surface area contributed by atoms with Crippen molar-refractivity contribution in [3.05, 3.63) is 39.3 Å². The van der Waals surface area contributed by atoms with E-state index in [2.05, 4.69) is 10.3 Å². The third-order valence-electron chi connectivity index (χ3n) is 3.24. The lowest BCUT2D eigenvalue weighted by Crippen LogP contribution is -2.13. The Morgan fingerprint density at radius 1 is 1.29 bits per heavy atom. The van der Waals surface area contributed by atoms with E-state index in [9.17, 15) is 8.42 Å². The molecule has 5 nitrogen and oxygen atoms in total. The second-order valence-corrected chi connectivity index (χ2v) is 7.87. The van der Waals surface area contributed by atoms with Crippen molar-refractivity contribution in [3.8, 4) is 0 Å². The third-order valence-corrected chi connectivity index (χ3v) is 5.41. The fourth-order valence-corrected chi connectivity index (χ4v) is 3.65. The normalized spacial score (nSPS) is 13.2. The number of aryl methyl sites for hydroxylation is 3. The van der Waals surface area contributed by atoms with Gasteiger partial charge in [-0.3, -0.25) is 0 Å². The zero-order valence-corrected chi connectivity index (χ0v) is 14.1. The van der Waals surface area contributed by atoms with Gasteiger partial charge >= 0.3 is 0 Å². The van der Waals surface area contributed by atoms with Gasteiger partial charge in [0.1, 0.15) is 0 Å². The molecule has 0 aliphatic rings. The summed E-state index contributed by atoms with van der Waals surface area (Å²) in [7, 11) is -3.70. The van der Waals surface area contributed by atoms with Crippen molar-refractivity contribution in [3.63, 3.8) is 0 Å². The minimum absolute atomic E-state index is 0.0469. The summed E-state index contributed by atoms with van der Waals surface area (Å²) in [5.41, 5.74) is 2.73. The summed E-state index contributed by atoms with van der Waals surface area (Å²) in [5, 5.41) is 9.54. The number of primary sulfonamides is 1. The fraction of sp³-hybridized carbons (Fsp3) is 0.357. The molecule has 114 valence electrons. The molecule has 0 spiro atoms. The predicted molar refractivity (Wildman–Crippen MR) is 86.2 cm³/mol. The second-order valence-electron chi connectivity index (χ2n) is 5.07. The van der Waals surface area contributed by atoms with E-state index in [1.807, 2.05) is 27.7 Å². The molecular weight excluding hydrogens is 306 g/mol. The third kappa shape index (κ3) is 3.61. The first-order chi connectivity index (χ1) is 9.68. The minimum Gasteiger partial charge on any atom is -0.377 e. The molecule has 0 bridgehead atoms. The first-order valence-electron chi connectivity index (χ1n) is 6.52. The molecule has 0 fully saturated rings. The molecule has 0 saturated heterocycles. The highest BCUT2D eigenvalue weighted by atomic mass is 32.2. The van der Waals surface area contributed by atoms with Crippen molar-refractivity contribution >= 4 is 27.0 Å². The number of rotatable bonds is 4. The van der Waals surface area contributed by atoms with Crippen LogP contribution >= 0.6 is 11.3 Å². The van der Waals surface area contributed by atoms with Gasteiger partial charge in [-0.05, 0) is 45.4 Å². The molecule has 1 aromatic heterocycles. The highest BCUT2D eigenvalue weighted by molar-refractivity contribution is 7.89. The second kappa shape index (κ2) is 5.75. The largest absolute Gasteiger partial charge is 0.377 e. The van der Waals surface area contributed by atoms with E-state index >= 15 is 0 Å². The molecule has 7 heteroatoms. The molecule has 1 aromatic carbocycles. The van der Waals surface area contributed by atoms with Gasteiger partial charge in [0, 0.05) is 10.6 Å². The number of hydrogen-bond donors (Lipinski definition) is 2. The maximum atomic E-state index is 11.5. The van der Waals surface area contributed by atoms with E-state index in [0.717, 1.165) is 26.8 Å². The van der Waals surface area contributed by atoms with Crippen LogP contribution in [0.3, 0.4) is 0 Å². The molecule has 0 amide bonds. The average Bonchev–Trinajstić information content (AvgIpc) is 2.70. The highest BCUT2D eigenvalue weighted by Crippen LogP contribution is 2.29. The van der Waals surface area contributed by atoms with E-state index < -0.39 is 10.0 Å². The number of thiazole rings is 1. The molecule has 3 N–H and O–H groups in total. The summed E-state index contributed by atoms with van der Waals surface area (Å²) < 4.78 is 22.9. The molecule has 0 saturated carbocycles. The molecule has 0 aliphatic carbocycles. The van der Waals surface area contributed by atoms with Crippen LogP contribution in [0.5, 0.6) is 0 Å². The predicted octanol–water partition coefficient (Wildman–Crippen LogP) is 2.89. The molecular formula is C14H19N3O2S2. The van der Waals surface area contributed by atoms with Gasteiger partial charge in [-0.1, -0.05) is 6.07 Å². The monoisotopic (exact) mass is 325 g/mol. The molecule has 0 aliphatic heterocycles. The van der Waals surface area contributed by atoms with Crippen LogP contribution in [0, 0.1) is 20.8 Å². The van der Waals surface area contributed by atoms with Gasteiger partial charge in [0.05, 0.1) is 21.6 Å². The molecule has 0 radical (unpaired) electrons. The molecule has 21 heavy (non-hydrogen) atoms. The Morgan fingerprint density at radius 3 is 2.48 bits per heavy atom. The Balaban J connectivity index is 2.33. The van der Waals surface area contributed by atoms with Gasteiger partial charge < -0.3 is 5.32 Å². The number of nitrogens with two attached hydrogens (primary N) is 1. The average molecular weight is 325 g/mol. The number of hydrogen-bond acceptors (Lipinski definition) is 5. The lowest BCUT2D eigenvalue weighted by Gasteiger charge is -2.17. The first-order valence-corrected chi connectivity index (χ1v) is 8.88. The van der Waals surface area contributed by atoms with Crippen LogP contribution in [-0.4, -0.2) is 13.4 Å². The SMILES string of the molecule is Cc1nc(C)c(C(C)Nc2cc(S(N)(=O)=O)ccc2C)s1. The van der Waals surface area contributed by atoms with E-state index in [1.165, 1.54) is 6.07 Å². The van der Waals surface area contributed by atoms with Crippen molar-refractivity contribution in [1.29, 1.82) is 0 Å². The summed E-state index contributed by atoms with van der Waals surface area (Å²) in [5.74, 6) is 0. The van der Waals surface area contributed by atoms with E-state index in [4.69, 9.17) is 5.14 Å². The summed E-state index contributed by atoms with van der Waals surface area (Å²) in [6, 6.07) is 4.89. The van der Waals surface area contributed by atoms with E-state index in [-0.39, 0.29) is 10.9 Å². The zero-order chi connectivity index (χ0) is 15.8. The van der Waals surface area contributed by atoms with Crippen molar-refractivity contribution < 1.29 is 8.42 Å². The lowest BCUT2D eigenvalue weighted by molar-refractivity contribution is 0.598. The molecule has 2 rings (SSSR count). The number of aromatic nitrogens is 1. The van der Waals surface area contributed by atoms with Crippen molar-refractivity contribution in [1.82, 2.24) is 4.98 Å². The van der Waals surface area contributed by atoms with Crippen LogP contribution in [0.25, 0.3) is 0 Å². The van der Waals surface area contributed by atoms with Crippen molar-refractivity contribution in [2.24, 2.45) is 5.14 Å². The summed E-state index contributed by atoms with van der Waals surface area (Å²) >= 11 is 1.64. The first kappa shape index (κ1) is 15.9. The summed E-state index contributed by atoms with van der Waals surface area (Å²) in [4.78, 5) is 5.67. The van der Waals surface area contributed by atoms with Crippen LogP contribution < -0.4 is 10.5 Å². The topological polar surface area (TPSA) is 85.1 Å². The Kier molecular flexibility index (Phi) is 4.36. The molecule has 1 atom stereocenters. The van der Waals surface area contributed by atoms with Gasteiger partial charge in [0.15, 0.2) is 0 Å². The Morgan fingerprint density at radius 2 is 1.95 bits per heavy atom. The minimum atomic E-state index is -3.70. The Bertz CT molecular complexity index is 767. The number of nitrogens with zero attached hydrogens (tertiary/aromatic N) is 1. The van der Waals surface area contributed by atoms with Crippen LogP contribution in [-0.2, 0) is 10.0 Å². The van der Waals surface area contributed by atoms with Crippen LogP contribution in [0.4, 0.5) is 5.69 Å². The maximum absolute atomic E-state index is 11.5. The van der Waals surface area contributed by atoms with Crippen molar-refractivity contribution in [2.45, 2.75) is 38.6 Å². The highest BCUT2D eigenvalue weighted by Gasteiger charge is 2.15. The molecule has 1 heterocycles. The smallest absolute Gasteiger partial charge is 0.238 e. The fourth-order valence-electron chi connectivity index (χ4n) is 2.18. The van der Waals surface area contributed by atoms with Crippen LogP contribution in [0.1, 0.15) is 34.1 Å². The zero-order valence-electron chi connectivity index (χ0n) is 12.5. The van der Waals surface area contributed by atoms with E-state index in [1.54, 1.807) is 23.5 Å². The molecule has 1 unspecified atom stereocenters. The number of benzene rings is 1. The Hall–Kier alpha value is -1.44. The van der Waals surface area contributed by atoms with Crippen LogP contribution in [0.2, 0.25) is 0 Å². The number of sulfonamides is 1. The lowest BCUT2D eigenvalue weighted by atomic mass is 10.1. The number of anilines is 1.